The molecule has 1 heterocycles. The highest BCUT2D eigenvalue weighted by Crippen LogP contribution is 2.44. The molecular weight excluding hydrogens is 304 g/mol. The summed E-state index contributed by atoms with van der Waals surface area (Å²) in [4.78, 5) is 11.6. The highest BCUT2D eigenvalue weighted by atomic mass is 35.5. The van der Waals surface area contributed by atoms with E-state index in [1.165, 1.54) is 11.3 Å². The maximum atomic E-state index is 11.4. The molecule has 0 radical (unpaired) electrons. The molecule has 4 rings (SSSR count). The summed E-state index contributed by atoms with van der Waals surface area (Å²) in [5, 5.41) is 14.8. The predicted molar refractivity (Wildman–Crippen MR) is 88.8 cm³/mol. The van der Waals surface area contributed by atoms with E-state index in [1.54, 1.807) is 0 Å². The van der Waals surface area contributed by atoms with Crippen LogP contribution >= 0.6 is 22.9 Å². The Morgan fingerprint density at radius 1 is 0.905 bits per heavy atom. The number of thiophene rings is 1. The van der Waals surface area contributed by atoms with Gasteiger partial charge in [-0.3, -0.25) is 0 Å². The van der Waals surface area contributed by atoms with E-state index < -0.39 is 5.97 Å². The molecule has 3 aromatic carbocycles. The number of hydrogen-bond acceptors (Lipinski definition) is 2. The van der Waals surface area contributed by atoms with Gasteiger partial charge in [-0.05, 0) is 16.2 Å². The molecule has 0 aliphatic carbocycles. The molecule has 1 aromatic heterocycles. The number of benzene rings is 3. The van der Waals surface area contributed by atoms with Crippen LogP contribution in [0.4, 0.5) is 0 Å². The summed E-state index contributed by atoms with van der Waals surface area (Å²) in [5.41, 5.74) is 0. The fourth-order valence-electron chi connectivity index (χ4n) is 2.83. The second-order valence-electron chi connectivity index (χ2n) is 4.85. The van der Waals surface area contributed by atoms with Crippen LogP contribution in [-0.2, 0) is 0 Å². The van der Waals surface area contributed by atoms with Crippen LogP contribution in [0.25, 0.3) is 31.6 Å². The quantitative estimate of drug-likeness (QED) is 0.467. The van der Waals surface area contributed by atoms with Crippen LogP contribution in [0.5, 0.6) is 0 Å². The molecule has 4 aromatic rings. The van der Waals surface area contributed by atoms with Crippen molar-refractivity contribution in [2.24, 2.45) is 0 Å². The Labute approximate surface area is 129 Å². The molecule has 0 bridgehead atoms. The fourth-order valence-corrected chi connectivity index (χ4v) is 4.36. The number of halogens is 1. The van der Waals surface area contributed by atoms with Gasteiger partial charge in [0.1, 0.15) is 4.88 Å². The number of carboxylic acid groups (broad SMARTS) is 1. The molecule has 0 amide bonds. The van der Waals surface area contributed by atoms with Crippen LogP contribution in [-0.4, -0.2) is 11.1 Å². The van der Waals surface area contributed by atoms with Crippen LogP contribution in [0.3, 0.4) is 0 Å². The van der Waals surface area contributed by atoms with Gasteiger partial charge in [0.05, 0.1) is 5.02 Å². The van der Waals surface area contributed by atoms with Crippen molar-refractivity contribution in [3.8, 4) is 0 Å². The van der Waals surface area contributed by atoms with Gasteiger partial charge in [0.15, 0.2) is 0 Å². The summed E-state index contributed by atoms with van der Waals surface area (Å²) < 4.78 is 0.937. The van der Waals surface area contributed by atoms with E-state index in [0.717, 1.165) is 31.6 Å². The molecule has 0 aliphatic rings. The zero-order valence-corrected chi connectivity index (χ0v) is 12.3. The first-order valence-electron chi connectivity index (χ1n) is 6.43. The van der Waals surface area contributed by atoms with Gasteiger partial charge in [0, 0.05) is 15.5 Å². The van der Waals surface area contributed by atoms with Crippen molar-refractivity contribution in [2.45, 2.75) is 0 Å². The Morgan fingerprint density at radius 3 is 2.05 bits per heavy atom. The zero-order chi connectivity index (χ0) is 14.6. The van der Waals surface area contributed by atoms with E-state index >= 15 is 0 Å². The summed E-state index contributed by atoms with van der Waals surface area (Å²) in [6.45, 7) is 0. The molecule has 0 aliphatic heterocycles. The molecular formula is C17H9ClO2S. The van der Waals surface area contributed by atoms with Crippen LogP contribution in [0, 0.1) is 0 Å². The van der Waals surface area contributed by atoms with E-state index in [-0.39, 0.29) is 4.88 Å². The number of fused-ring (bicyclic) bond motifs is 6. The molecule has 21 heavy (non-hydrogen) atoms. The van der Waals surface area contributed by atoms with Crippen LogP contribution in [0.2, 0.25) is 5.02 Å². The predicted octanol–water partition coefficient (Wildman–Crippen LogP) is 5.56. The lowest BCUT2D eigenvalue weighted by atomic mass is 9.99. The van der Waals surface area contributed by atoms with E-state index in [0.29, 0.717) is 5.02 Å². The third-order valence-electron chi connectivity index (χ3n) is 3.70. The zero-order valence-electron chi connectivity index (χ0n) is 10.8. The summed E-state index contributed by atoms with van der Waals surface area (Å²) in [7, 11) is 0. The minimum atomic E-state index is -0.977. The number of hydrogen-bond donors (Lipinski definition) is 1. The molecule has 0 saturated heterocycles. The first-order chi connectivity index (χ1) is 10.2. The minimum Gasteiger partial charge on any atom is -0.477 e. The topological polar surface area (TPSA) is 37.3 Å². The maximum absolute atomic E-state index is 11.4. The molecule has 0 fully saturated rings. The first kappa shape index (κ1) is 12.6. The SMILES string of the molecule is O=C(O)c1sc2c3ccccc3c3ccccc3c2c1Cl. The van der Waals surface area contributed by atoms with E-state index in [1.807, 2.05) is 42.5 Å². The van der Waals surface area contributed by atoms with Gasteiger partial charge in [0.25, 0.3) is 0 Å². The van der Waals surface area contributed by atoms with Gasteiger partial charge in [-0.15, -0.1) is 11.3 Å². The monoisotopic (exact) mass is 312 g/mol. The van der Waals surface area contributed by atoms with Gasteiger partial charge >= 0.3 is 5.97 Å². The summed E-state index contributed by atoms with van der Waals surface area (Å²) in [6, 6.07) is 16.0. The third-order valence-corrected chi connectivity index (χ3v) is 5.40. The Hall–Kier alpha value is -2.10. The number of carbonyl (C=O) groups is 1. The Morgan fingerprint density at radius 2 is 1.43 bits per heavy atom. The standard InChI is InChI=1S/C17H9ClO2S/c18-14-13-11-7-3-1-5-9(11)10-6-2-4-8-12(10)15(13)21-16(14)17(19)20/h1-8H,(H,19,20). The average Bonchev–Trinajstić information content (AvgIpc) is 2.86. The molecule has 0 spiro atoms. The number of rotatable bonds is 1. The fraction of sp³-hybridized carbons (Fsp3) is 0. The molecule has 0 atom stereocenters. The van der Waals surface area contributed by atoms with E-state index in [4.69, 9.17) is 11.6 Å². The minimum absolute atomic E-state index is 0.202. The molecule has 2 nitrogen and oxygen atoms in total. The molecule has 102 valence electrons. The van der Waals surface area contributed by atoms with Gasteiger partial charge < -0.3 is 5.11 Å². The van der Waals surface area contributed by atoms with E-state index in [2.05, 4.69) is 6.07 Å². The average molecular weight is 313 g/mol. The third kappa shape index (κ3) is 1.68. The van der Waals surface area contributed by atoms with E-state index in [9.17, 15) is 9.90 Å². The van der Waals surface area contributed by atoms with Crippen molar-refractivity contribution in [1.82, 2.24) is 0 Å². The van der Waals surface area contributed by atoms with Crippen molar-refractivity contribution < 1.29 is 9.90 Å². The highest BCUT2D eigenvalue weighted by molar-refractivity contribution is 7.22. The van der Waals surface area contributed by atoms with Gasteiger partial charge in [0.2, 0.25) is 0 Å². The highest BCUT2D eigenvalue weighted by Gasteiger charge is 2.20. The van der Waals surface area contributed by atoms with Gasteiger partial charge in [-0.1, -0.05) is 60.1 Å². The van der Waals surface area contributed by atoms with Crippen molar-refractivity contribution >= 4 is 60.5 Å². The Balaban J connectivity index is 2.39. The first-order valence-corrected chi connectivity index (χ1v) is 7.62. The molecule has 4 heteroatoms. The van der Waals surface area contributed by atoms with Crippen LogP contribution < -0.4 is 0 Å². The lowest BCUT2D eigenvalue weighted by molar-refractivity contribution is 0.0702. The number of aromatic carboxylic acids is 1. The largest absolute Gasteiger partial charge is 0.477 e. The van der Waals surface area contributed by atoms with Crippen LogP contribution in [0.1, 0.15) is 9.67 Å². The summed E-state index contributed by atoms with van der Waals surface area (Å²) >= 11 is 7.61. The van der Waals surface area contributed by atoms with Crippen molar-refractivity contribution in [3.05, 3.63) is 58.4 Å². The van der Waals surface area contributed by atoms with Gasteiger partial charge in [-0.25, -0.2) is 4.79 Å². The summed E-state index contributed by atoms with van der Waals surface area (Å²) in [5.74, 6) is -0.977. The normalized spacial score (nSPS) is 11.5. The van der Waals surface area contributed by atoms with Crippen molar-refractivity contribution in [3.63, 3.8) is 0 Å². The molecule has 1 N–H and O–H groups in total. The smallest absolute Gasteiger partial charge is 0.347 e. The summed E-state index contributed by atoms with van der Waals surface area (Å²) in [6.07, 6.45) is 0. The second kappa shape index (κ2) is 4.45. The van der Waals surface area contributed by atoms with Crippen molar-refractivity contribution in [1.29, 1.82) is 0 Å². The lowest BCUT2D eigenvalue weighted by Gasteiger charge is -2.06. The Kier molecular flexibility index (Phi) is 2.67. The molecule has 0 saturated carbocycles. The second-order valence-corrected chi connectivity index (χ2v) is 6.24. The Bertz CT molecular complexity index is 1030. The molecule has 0 unspecified atom stereocenters. The maximum Gasteiger partial charge on any atom is 0.347 e. The van der Waals surface area contributed by atoms with Gasteiger partial charge in [-0.2, -0.15) is 0 Å². The van der Waals surface area contributed by atoms with Crippen LogP contribution in [0.15, 0.2) is 48.5 Å². The van der Waals surface area contributed by atoms with Crippen molar-refractivity contribution in [2.75, 3.05) is 0 Å². The lowest BCUT2D eigenvalue weighted by Crippen LogP contribution is -1.91. The number of carboxylic acids is 1.